The van der Waals surface area contributed by atoms with E-state index in [-0.39, 0.29) is 6.10 Å². The van der Waals surface area contributed by atoms with Gasteiger partial charge in [0.2, 0.25) is 0 Å². The smallest absolute Gasteiger partial charge is 0.147 e. The molecule has 1 saturated carbocycles. The number of hydrogen-bond donors (Lipinski definition) is 2. The minimum atomic E-state index is -0.385. The van der Waals surface area contributed by atoms with E-state index in [2.05, 4.69) is 37.2 Å². The molecule has 118 valence electrons. The lowest BCUT2D eigenvalue weighted by Gasteiger charge is -2.18. The van der Waals surface area contributed by atoms with E-state index in [9.17, 15) is 5.11 Å². The number of halogens is 2. The number of ether oxygens (including phenoxy) is 1. The van der Waals surface area contributed by atoms with E-state index in [0.29, 0.717) is 12.5 Å². The number of hydrogen-bond acceptors (Lipinski definition) is 3. The first kappa shape index (κ1) is 17.3. The van der Waals surface area contributed by atoms with Gasteiger partial charge in [-0.25, -0.2) is 0 Å². The fourth-order valence-electron chi connectivity index (χ4n) is 2.93. The summed E-state index contributed by atoms with van der Waals surface area (Å²) >= 11 is 7.08. The highest BCUT2D eigenvalue weighted by molar-refractivity contribution is 9.11. The molecule has 1 unspecified atom stereocenters. The molecule has 0 spiro atoms. The quantitative estimate of drug-likeness (QED) is 0.692. The fraction of sp³-hybridized carbons (Fsp3) is 0.625. The van der Waals surface area contributed by atoms with E-state index < -0.39 is 0 Å². The van der Waals surface area contributed by atoms with Gasteiger partial charge in [-0.2, -0.15) is 0 Å². The second-order valence-corrected chi connectivity index (χ2v) is 7.48. The number of benzene rings is 1. The molecule has 0 saturated heterocycles. The first-order valence-electron chi connectivity index (χ1n) is 7.53. The SMILES string of the molecule is CNCc1cc(Br)c(OCC(O)CC2CCCC2)c(Br)c1. The molecule has 2 rings (SSSR count). The van der Waals surface area contributed by atoms with Crippen LogP contribution in [0, 0.1) is 5.92 Å². The number of nitrogens with one attached hydrogen (secondary N) is 1. The van der Waals surface area contributed by atoms with Gasteiger partial charge in [-0.1, -0.05) is 25.7 Å². The molecule has 0 aromatic heterocycles. The summed E-state index contributed by atoms with van der Waals surface area (Å²) in [7, 11) is 1.92. The van der Waals surface area contributed by atoms with Crippen LogP contribution in [0.15, 0.2) is 21.1 Å². The van der Waals surface area contributed by atoms with Gasteiger partial charge in [0.15, 0.2) is 0 Å². The Bertz CT molecular complexity index is 439. The van der Waals surface area contributed by atoms with E-state index >= 15 is 0 Å². The second kappa shape index (κ2) is 8.51. The molecular formula is C16H23Br2NO2. The van der Waals surface area contributed by atoms with Crippen molar-refractivity contribution < 1.29 is 9.84 Å². The lowest BCUT2D eigenvalue weighted by atomic mass is 10.0. The second-order valence-electron chi connectivity index (χ2n) is 5.77. The van der Waals surface area contributed by atoms with E-state index in [1.807, 2.05) is 19.2 Å². The molecular weight excluding hydrogens is 398 g/mol. The predicted molar refractivity (Wildman–Crippen MR) is 92.7 cm³/mol. The molecule has 1 atom stereocenters. The lowest BCUT2D eigenvalue weighted by Crippen LogP contribution is -2.20. The molecule has 21 heavy (non-hydrogen) atoms. The average Bonchev–Trinajstić information content (AvgIpc) is 2.91. The third-order valence-corrected chi connectivity index (χ3v) is 5.12. The van der Waals surface area contributed by atoms with E-state index in [1.165, 1.54) is 31.2 Å². The van der Waals surface area contributed by atoms with E-state index in [4.69, 9.17) is 4.74 Å². The lowest BCUT2D eigenvalue weighted by molar-refractivity contribution is 0.0848. The van der Waals surface area contributed by atoms with Crippen LogP contribution in [0.5, 0.6) is 5.75 Å². The van der Waals surface area contributed by atoms with E-state index in [1.54, 1.807) is 0 Å². The Hall–Kier alpha value is -0.100. The number of rotatable bonds is 7. The van der Waals surface area contributed by atoms with Crippen molar-refractivity contribution in [3.63, 3.8) is 0 Å². The Balaban J connectivity index is 1.89. The molecule has 0 radical (unpaired) electrons. The molecule has 1 aromatic rings. The third-order valence-electron chi connectivity index (χ3n) is 3.94. The van der Waals surface area contributed by atoms with Crippen molar-refractivity contribution >= 4 is 31.9 Å². The molecule has 0 aliphatic heterocycles. The Labute approximate surface area is 143 Å². The zero-order valence-electron chi connectivity index (χ0n) is 12.4. The zero-order valence-corrected chi connectivity index (χ0v) is 15.5. The van der Waals surface area contributed by atoms with Crippen LogP contribution in [0.2, 0.25) is 0 Å². The summed E-state index contributed by atoms with van der Waals surface area (Å²) in [6, 6.07) is 4.08. The van der Waals surface area contributed by atoms with Crippen LogP contribution in [-0.2, 0) is 6.54 Å². The number of aliphatic hydroxyl groups excluding tert-OH is 1. The molecule has 0 amide bonds. The molecule has 1 aliphatic rings. The van der Waals surface area contributed by atoms with Crippen molar-refractivity contribution in [2.24, 2.45) is 5.92 Å². The highest BCUT2D eigenvalue weighted by Gasteiger charge is 2.19. The topological polar surface area (TPSA) is 41.5 Å². The fourth-order valence-corrected chi connectivity index (χ4v) is 4.45. The summed E-state index contributed by atoms with van der Waals surface area (Å²) in [5.41, 5.74) is 1.18. The minimum Gasteiger partial charge on any atom is -0.489 e. The van der Waals surface area contributed by atoms with Gasteiger partial charge in [0.25, 0.3) is 0 Å². The van der Waals surface area contributed by atoms with Crippen molar-refractivity contribution in [1.29, 1.82) is 0 Å². The Morgan fingerprint density at radius 3 is 2.48 bits per heavy atom. The summed E-state index contributed by atoms with van der Waals surface area (Å²) in [6.07, 6.45) is 5.59. The maximum atomic E-state index is 10.1. The van der Waals surface area contributed by atoms with Crippen LogP contribution in [0.1, 0.15) is 37.7 Å². The highest BCUT2D eigenvalue weighted by Crippen LogP contribution is 2.35. The molecule has 0 heterocycles. The van der Waals surface area contributed by atoms with Gasteiger partial charge in [0.05, 0.1) is 15.0 Å². The van der Waals surface area contributed by atoms with Crippen molar-refractivity contribution in [3.8, 4) is 5.75 Å². The summed E-state index contributed by atoms with van der Waals surface area (Å²) in [4.78, 5) is 0. The van der Waals surface area contributed by atoms with E-state index in [0.717, 1.165) is 27.7 Å². The number of aliphatic hydroxyl groups is 1. The summed E-state index contributed by atoms with van der Waals surface area (Å²) in [6.45, 7) is 1.15. The normalized spacial score (nSPS) is 17.1. The van der Waals surface area contributed by atoms with Crippen molar-refractivity contribution in [3.05, 3.63) is 26.6 Å². The maximum absolute atomic E-state index is 10.1. The average molecular weight is 421 g/mol. The van der Waals surface area contributed by atoms with Crippen LogP contribution in [0.3, 0.4) is 0 Å². The molecule has 3 nitrogen and oxygen atoms in total. The first-order chi connectivity index (χ1) is 10.1. The van der Waals surface area contributed by atoms with Gasteiger partial charge in [0, 0.05) is 6.54 Å². The van der Waals surface area contributed by atoms with Gasteiger partial charge in [0.1, 0.15) is 12.4 Å². The van der Waals surface area contributed by atoms with Crippen LogP contribution in [0.25, 0.3) is 0 Å². The molecule has 1 aromatic carbocycles. The molecule has 2 N–H and O–H groups in total. The largest absolute Gasteiger partial charge is 0.489 e. The van der Waals surface area contributed by atoms with Crippen LogP contribution in [0.4, 0.5) is 0 Å². The van der Waals surface area contributed by atoms with Crippen LogP contribution in [-0.4, -0.2) is 24.9 Å². The standard InChI is InChI=1S/C16H23Br2NO2/c1-19-9-12-7-14(17)16(15(18)8-12)21-10-13(20)6-11-4-2-3-5-11/h7-8,11,13,19-20H,2-6,9-10H2,1H3. The maximum Gasteiger partial charge on any atom is 0.147 e. The van der Waals surface area contributed by atoms with Gasteiger partial charge in [-0.3, -0.25) is 0 Å². The zero-order chi connectivity index (χ0) is 15.2. The summed E-state index contributed by atoms with van der Waals surface area (Å²) < 4.78 is 7.63. The van der Waals surface area contributed by atoms with Crippen LogP contribution >= 0.6 is 31.9 Å². The van der Waals surface area contributed by atoms with Gasteiger partial charge in [-0.05, 0) is 68.9 Å². The summed E-state index contributed by atoms with van der Waals surface area (Å²) in [5.74, 6) is 1.44. The Morgan fingerprint density at radius 1 is 1.29 bits per heavy atom. The van der Waals surface area contributed by atoms with Gasteiger partial charge >= 0.3 is 0 Å². The third kappa shape index (κ3) is 5.23. The first-order valence-corrected chi connectivity index (χ1v) is 9.12. The predicted octanol–water partition coefficient (Wildman–Crippen LogP) is 4.25. The molecule has 1 fully saturated rings. The Kier molecular flexibility index (Phi) is 6.99. The highest BCUT2D eigenvalue weighted by atomic mass is 79.9. The van der Waals surface area contributed by atoms with Gasteiger partial charge < -0.3 is 15.2 Å². The Morgan fingerprint density at radius 2 is 1.90 bits per heavy atom. The monoisotopic (exact) mass is 419 g/mol. The minimum absolute atomic E-state index is 0.346. The van der Waals surface area contributed by atoms with Crippen LogP contribution < -0.4 is 10.1 Å². The molecule has 1 aliphatic carbocycles. The van der Waals surface area contributed by atoms with Crippen molar-refractivity contribution in [2.75, 3.05) is 13.7 Å². The van der Waals surface area contributed by atoms with Crippen molar-refractivity contribution in [2.45, 2.75) is 44.8 Å². The molecule has 5 heteroatoms. The summed E-state index contributed by atoms with van der Waals surface area (Å²) in [5, 5.41) is 13.3. The van der Waals surface area contributed by atoms with Crippen molar-refractivity contribution in [1.82, 2.24) is 5.32 Å². The van der Waals surface area contributed by atoms with Gasteiger partial charge in [-0.15, -0.1) is 0 Å². The molecule has 0 bridgehead atoms.